The average Bonchev–Trinajstić information content (AvgIpc) is 2.87. The van der Waals surface area contributed by atoms with Gasteiger partial charge >= 0.3 is 7.60 Å². The first-order valence-electron chi connectivity index (χ1n) is 6.64. The zero-order chi connectivity index (χ0) is 16.0. The summed E-state index contributed by atoms with van der Waals surface area (Å²) in [5.74, 6) is 0.577. The molecule has 2 rings (SSSR count). The zero-order valence-corrected chi connectivity index (χ0v) is 12.7. The van der Waals surface area contributed by atoms with Gasteiger partial charge in [0.15, 0.2) is 11.5 Å². The molecule has 0 aliphatic rings. The van der Waals surface area contributed by atoms with Crippen LogP contribution in [0.25, 0.3) is 11.2 Å². The molecule has 0 atom stereocenters. The molecular formula is C11H18N5O5P. The van der Waals surface area contributed by atoms with Crippen LogP contribution in [-0.4, -0.2) is 60.5 Å². The summed E-state index contributed by atoms with van der Waals surface area (Å²) in [6.45, 7) is 1.16. The van der Waals surface area contributed by atoms with E-state index in [2.05, 4.69) is 20.3 Å². The number of aliphatic hydroxyl groups is 1. The van der Waals surface area contributed by atoms with Crippen LogP contribution in [0.3, 0.4) is 0 Å². The van der Waals surface area contributed by atoms with Crippen molar-refractivity contribution in [2.45, 2.75) is 13.0 Å². The van der Waals surface area contributed by atoms with Crippen molar-refractivity contribution < 1.29 is 24.2 Å². The largest absolute Gasteiger partial charge is 0.396 e. The van der Waals surface area contributed by atoms with Crippen LogP contribution < -0.4 is 5.32 Å². The lowest BCUT2D eigenvalue weighted by atomic mass is 10.4. The van der Waals surface area contributed by atoms with E-state index in [1.54, 1.807) is 10.9 Å². The van der Waals surface area contributed by atoms with Crippen molar-refractivity contribution in [3.63, 3.8) is 0 Å². The molecule has 0 aromatic carbocycles. The molecule has 10 nitrogen and oxygen atoms in total. The maximum Gasteiger partial charge on any atom is 0.350 e. The van der Waals surface area contributed by atoms with Crippen LogP contribution in [0.5, 0.6) is 0 Å². The third kappa shape index (κ3) is 4.72. The highest BCUT2D eigenvalue weighted by molar-refractivity contribution is 7.51. The maximum atomic E-state index is 10.7. The second kappa shape index (κ2) is 7.61. The number of anilines is 1. The maximum absolute atomic E-state index is 10.7. The topological polar surface area (TPSA) is 143 Å². The van der Waals surface area contributed by atoms with Gasteiger partial charge in [0.25, 0.3) is 0 Å². The van der Waals surface area contributed by atoms with Gasteiger partial charge in [0.05, 0.1) is 12.9 Å². The third-order valence-electron chi connectivity index (χ3n) is 2.76. The van der Waals surface area contributed by atoms with E-state index in [0.717, 1.165) is 0 Å². The molecule has 0 saturated carbocycles. The van der Waals surface area contributed by atoms with Gasteiger partial charge in [0.2, 0.25) is 0 Å². The molecule has 0 radical (unpaired) electrons. The summed E-state index contributed by atoms with van der Waals surface area (Å²) in [5.41, 5.74) is 1.19. The monoisotopic (exact) mass is 331 g/mol. The Morgan fingerprint density at radius 2 is 2.14 bits per heavy atom. The second-order valence-electron chi connectivity index (χ2n) is 4.54. The summed E-state index contributed by atoms with van der Waals surface area (Å²) in [7, 11) is -4.15. The van der Waals surface area contributed by atoms with E-state index in [4.69, 9.17) is 19.6 Å². The van der Waals surface area contributed by atoms with Gasteiger partial charge in [0, 0.05) is 19.7 Å². The number of nitrogens with zero attached hydrogens (tertiary/aromatic N) is 4. The smallest absolute Gasteiger partial charge is 0.350 e. The van der Waals surface area contributed by atoms with Gasteiger partial charge in [-0.1, -0.05) is 0 Å². The number of hydrogen-bond donors (Lipinski definition) is 4. The minimum Gasteiger partial charge on any atom is -0.396 e. The Morgan fingerprint density at radius 3 is 2.86 bits per heavy atom. The van der Waals surface area contributed by atoms with Crippen molar-refractivity contribution in [2.24, 2.45) is 0 Å². The molecule has 2 aromatic heterocycles. The fraction of sp³-hybridized carbons (Fsp3) is 0.545. The Balaban J connectivity index is 2.00. The molecule has 4 N–H and O–H groups in total. The number of nitrogens with one attached hydrogen (secondary N) is 1. The Hall–Kier alpha value is -1.58. The van der Waals surface area contributed by atoms with Crippen molar-refractivity contribution in [1.29, 1.82) is 0 Å². The normalized spacial score (nSPS) is 12.0. The number of aliphatic hydroxyl groups excluding tert-OH is 1. The van der Waals surface area contributed by atoms with Gasteiger partial charge < -0.3 is 29.5 Å². The predicted octanol–water partition coefficient (Wildman–Crippen LogP) is -0.228. The molecule has 0 bridgehead atoms. The van der Waals surface area contributed by atoms with Crippen molar-refractivity contribution in [3.05, 3.63) is 12.7 Å². The number of imidazole rings is 1. The quantitative estimate of drug-likeness (QED) is 0.362. The van der Waals surface area contributed by atoms with E-state index < -0.39 is 13.9 Å². The molecule has 0 aliphatic carbocycles. The van der Waals surface area contributed by atoms with Crippen LogP contribution in [-0.2, 0) is 15.8 Å². The van der Waals surface area contributed by atoms with Gasteiger partial charge in [0.1, 0.15) is 18.2 Å². The summed E-state index contributed by atoms with van der Waals surface area (Å²) in [6.07, 6.45) is 2.96. The second-order valence-corrected chi connectivity index (χ2v) is 6.13. The van der Waals surface area contributed by atoms with E-state index in [1.807, 2.05) is 0 Å². The average molecular weight is 331 g/mol. The highest BCUT2D eigenvalue weighted by atomic mass is 31.2. The zero-order valence-electron chi connectivity index (χ0n) is 11.8. The molecule has 22 heavy (non-hydrogen) atoms. The Bertz CT molecular complexity index is 657. The van der Waals surface area contributed by atoms with Crippen molar-refractivity contribution in [2.75, 3.05) is 31.4 Å². The highest BCUT2D eigenvalue weighted by Crippen LogP contribution is 2.33. The fourth-order valence-corrected chi connectivity index (χ4v) is 2.17. The number of fused-ring (bicyclic) bond motifs is 1. The van der Waals surface area contributed by atoms with Gasteiger partial charge in [-0.05, 0) is 6.42 Å². The van der Waals surface area contributed by atoms with Crippen molar-refractivity contribution in [3.8, 4) is 0 Å². The van der Waals surface area contributed by atoms with Crippen molar-refractivity contribution >= 4 is 24.6 Å². The van der Waals surface area contributed by atoms with Crippen LogP contribution in [0.15, 0.2) is 12.7 Å². The lowest BCUT2D eigenvalue weighted by Gasteiger charge is -2.07. The lowest BCUT2D eigenvalue weighted by Crippen LogP contribution is -2.08. The van der Waals surface area contributed by atoms with Crippen LogP contribution in [0.4, 0.5) is 5.82 Å². The van der Waals surface area contributed by atoms with E-state index in [9.17, 15) is 4.57 Å². The summed E-state index contributed by atoms with van der Waals surface area (Å²) < 4.78 is 17.3. The van der Waals surface area contributed by atoms with Crippen LogP contribution in [0.1, 0.15) is 6.42 Å². The third-order valence-corrected chi connectivity index (χ3v) is 3.28. The summed E-state index contributed by atoms with van der Waals surface area (Å²) >= 11 is 0. The van der Waals surface area contributed by atoms with Gasteiger partial charge in [-0.2, -0.15) is 0 Å². The molecule has 0 aliphatic heterocycles. The molecule has 122 valence electrons. The highest BCUT2D eigenvalue weighted by Gasteiger charge is 2.13. The van der Waals surface area contributed by atoms with E-state index >= 15 is 0 Å². The minimum absolute atomic E-state index is 0.0899. The molecule has 0 unspecified atom stereocenters. The molecule has 0 amide bonds. The van der Waals surface area contributed by atoms with Crippen LogP contribution >= 0.6 is 7.60 Å². The van der Waals surface area contributed by atoms with E-state index in [-0.39, 0.29) is 13.2 Å². The predicted molar refractivity (Wildman–Crippen MR) is 78.4 cm³/mol. The Morgan fingerprint density at radius 1 is 1.32 bits per heavy atom. The first-order valence-corrected chi connectivity index (χ1v) is 8.44. The number of ether oxygens (including phenoxy) is 1. The van der Waals surface area contributed by atoms with E-state index in [0.29, 0.717) is 36.5 Å². The molecule has 2 aromatic rings. The molecule has 11 heteroatoms. The molecular weight excluding hydrogens is 313 g/mol. The SMILES string of the molecule is O=P(O)(O)COCCn1cnc2c(NCCCO)ncnc21. The first kappa shape index (κ1) is 16.8. The standard InChI is InChI=1S/C11H18N5O5P/c17-4-1-2-12-10-9-11(14-6-13-10)16(7-15-9)3-5-21-8-22(18,19)20/h6-7,17H,1-5,8H2,(H,12,13,14)(H2,18,19,20). The summed E-state index contributed by atoms with van der Waals surface area (Å²) in [6, 6.07) is 0. The minimum atomic E-state index is -4.15. The molecule has 0 spiro atoms. The molecule has 0 fully saturated rings. The number of aromatic nitrogens is 4. The Labute approximate surface area is 126 Å². The number of rotatable bonds is 9. The fourth-order valence-electron chi connectivity index (χ4n) is 1.81. The van der Waals surface area contributed by atoms with Gasteiger partial charge in [-0.25, -0.2) is 15.0 Å². The summed E-state index contributed by atoms with van der Waals surface area (Å²) in [4.78, 5) is 29.9. The number of hydrogen-bond acceptors (Lipinski definition) is 7. The van der Waals surface area contributed by atoms with Crippen LogP contribution in [0, 0.1) is 0 Å². The lowest BCUT2D eigenvalue weighted by molar-refractivity contribution is 0.149. The van der Waals surface area contributed by atoms with Crippen molar-refractivity contribution in [1.82, 2.24) is 19.5 Å². The molecule has 2 heterocycles. The Kier molecular flexibility index (Phi) is 5.81. The van der Waals surface area contributed by atoms with Gasteiger partial charge in [-0.3, -0.25) is 4.57 Å². The van der Waals surface area contributed by atoms with Gasteiger partial charge in [-0.15, -0.1) is 0 Å². The summed E-state index contributed by atoms with van der Waals surface area (Å²) in [5, 5.41) is 11.8. The first-order chi connectivity index (χ1) is 10.5. The van der Waals surface area contributed by atoms with Crippen LogP contribution in [0.2, 0.25) is 0 Å². The van der Waals surface area contributed by atoms with E-state index in [1.165, 1.54) is 6.33 Å². The molecule has 0 saturated heterocycles.